The highest BCUT2D eigenvalue weighted by atomic mass is 16.5. The fourth-order valence-corrected chi connectivity index (χ4v) is 3.20. The van der Waals surface area contributed by atoms with Gasteiger partial charge in [0.1, 0.15) is 5.75 Å². The maximum atomic E-state index is 5.18. The van der Waals surface area contributed by atoms with Crippen LogP contribution < -0.4 is 10.1 Å². The van der Waals surface area contributed by atoms with Gasteiger partial charge >= 0.3 is 0 Å². The molecule has 2 aliphatic heterocycles. The van der Waals surface area contributed by atoms with E-state index in [1.807, 2.05) is 0 Å². The van der Waals surface area contributed by atoms with Crippen LogP contribution in [-0.4, -0.2) is 44.2 Å². The van der Waals surface area contributed by atoms with Crippen LogP contribution in [0.4, 0.5) is 0 Å². The predicted molar refractivity (Wildman–Crippen MR) is 73.0 cm³/mol. The fourth-order valence-electron chi connectivity index (χ4n) is 3.20. The summed E-state index contributed by atoms with van der Waals surface area (Å²) >= 11 is 0. The van der Waals surface area contributed by atoms with Crippen LogP contribution >= 0.6 is 0 Å². The Labute approximate surface area is 109 Å². The monoisotopic (exact) mass is 246 g/mol. The molecule has 0 saturated carbocycles. The molecule has 0 aromatic heterocycles. The molecule has 2 saturated heterocycles. The van der Waals surface area contributed by atoms with Crippen molar-refractivity contribution < 1.29 is 4.74 Å². The van der Waals surface area contributed by atoms with Crippen LogP contribution in [0.25, 0.3) is 0 Å². The fraction of sp³-hybridized carbons (Fsp3) is 0.600. The Morgan fingerprint density at radius 1 is 1.28 bits per heavy atom. The zero-order valence-corrected chi connectivity index (χ0v) is 11.1. The van der Waals surface area contributed by atoms with Crippen LogP contribution in [0.3, 0.4) is 0 Å². The zero-order valence-electron chi connectivity index (χ0n) is 11.1. The molecule has 18 heavy (non-hydrogen) atoms. The summed E-state index contributed by atoms with van der Waals surface area (Å²) in [5, 5.41) is 3.60. The Bertz CT molecular complexity index is 378. The minimum Gasteiger partial charge on any atom is -0.497 e. The van der Waals surface area contributed by atoms with Gasteiger partial charge in [-0.3, -0.25) is 0 Å². The minimum atomic E-state index is 0.765. The molecule has 2 heterocycles. The third kappa shape index (κ3) is 2.52. The summed E-state index contributed by atoms with van der Waals surface area (Å²) < 4.78 is 5.18. The van der Waals surface area contributed by atoms with E-state index < -0.39 is 0 Å². The lowest BCUT2D eigenvalue weighted by Gasteiger charge is -2.16. The number of nitrogens with one attached hydrogen (secondary N) is 1. The molecular weight excluding hydrogens is 224 g/mol. The Kier molecular flexibility index (Phi) is 3.52. The summed E-state index contributed by atoms with van der Waals surface area (Å²) in [5.41, 5.74) is 1.40. The van der Waals surface area contributed by atoms with Gasteiger partial charge in [0.2, 0.25) is 0 Å². The molecule has 1 aromatic rings. The van der Waals surface area contributed by atoms with Crippen molar-refractivity contribution in [3.8, 4) is 5.75 Å². The molecule has 3 rings (SSSR count). The topological polar surface area (TPSA) is 24.5 Å². The van der Waals surface area contributed by atoms with Crippen molar-refractivity contribution in [2.24, 2.45) is 5.92 Å². The van der Waals surface area contributed by atoms with Crippen molar-refractivity contribution in [3.63, 3.8) is 0 Å². The second-order valence-corrected chi connectivity index (χ2v) is 5.47. The predicted octanol–water partition coefficient (Wildman–Crippen LogP) is 1.53. The number of ether oxygens (including phenoxy) is 1. The van der Waals surface area contributed by atoms with Gasteiger partial charge in [-0.15, -0.1) is 0 Å². The molecule has 2 aliphatic rings. The molecule has 2 atom stereocenters. The van der Waals surface area contributed by atoms with Gasteiger partial charge in [0, 0.05) is 25.7 Å². The minimum absolute atomic E-state index is 0.765. The van der Waals surface area contributed by atoms with Crippen molar-refractivity contribution in [3.05, 3.63) is 29.8 Å². The number of nitrogens with zero attached hydrogens (tertiary/aromatic N) is 1. The van der Waals surface area contributed by atoms with Gasteiger partial charge in [0.05, 0.1) is 7.11 Å². The van der Waals surface area contributed by atoms with Crippen LogP contribution in [-0.2, 0) is 6.42 Å². The smallest absolute Gasteiger partial charge is 0.118 e. The molecule has 1 aromatic carbocycles. The number of fused-ring (bicyclic) bond motifs is 1. The molecule has 0 radical (unpaired) electrons. The highest BCUT2D eigenvalue weighted by Crippen LogP contribution is 2.24. The van der Waals surface area contributed by atoms with Crippen LogP contribution in [0.5, 0.6) is 5.75 Å². The van der Waals surface area contributed by atoms with Crippen molar-refractivity contribution in [1.82, 2.24) is 10.2 Å². The Balaban J connectivity index is 1.49. The van der Waals surface area contributed by atoms with Crippen molar-refractivity contribution >= 4 is 0 Å². The van der Waals surface area contributed by atoms with Crippen LogP contribution in [0.15, 0.2) is 24.3 Å². The number of likely N-dealkylation sites (tertiary alicyclic amines) is 1. The lowest BCUT2D eigenvalue weighted by molar-refractivity contribution is 0.318. The van der Waals surface area contributed by atoms with Gasteiger partial charge in [-0.05, 0) is 43.0 Å². The van der Waals surface area contributed by atoms with E-state index >= 15 is 0 Å². The highest BCUT2D eigenvalue weighted by Gasteiger charge is 2.35. The SMILES string of the molecule is COc1ccc(CCN2C[C@@H]3CCN[C@@H]3C2)cc1. The largest absolute Gasteiger partial charge is 0.497 e. The van der Waals surface area contributed by atoms with E-state index in [0.717, 1.165) is 24.1 Å². The van der Waals surface area contributed by atoms with Crippen molar-refractivity contribution in [2.75, 3.05) is 33.3 Å². The molecule has 0 amide bonds. The van der Waals surface area contributed by atoms with E-state index in [-0.39, 0.29) is 0 Å². The lowest BCUT2D eigenvalue weighted by atomic mass is 10.1. The summed E-state index contributed by atoms with van der Waals surface area (Å²) in [7, 11) is 1.71. The Hall–Kier alpha value is -1.06. The first kappa shape index (κ1) is 12.0. The lowest BCUT2D eigenvalue weighted by Crippen LogP contribution is -2.31. The average molecular weight is 246 g/mol. The third-order valence-corrected chi connectivity index (χ3v) is 4.31. The zero-order chi connectivity index (χ0) is 12.4. The molecule has 0 bridgehead atoms. The summed E-state index contributed by atoms with van der Waals surface area (Å²) in [5.74, 6) is 1.85. The van der Waals surface area contributed by atoms with E-state index in [4.69, 9.17) is 4.74 Å². The highest BCUT2D eigenvalue weighted by molar-refractivity contribution is 5.27. The van der Waals surface area contributed by atoms with E-state index in [2.05, 4.69) is 34.5 Å². The first-order chi connectivity index (χ1) is 8.85. The first-order valence-corrected chi connectivity index (χ1v) is 6.94. The van der Waals surface area contributed by atoms with Gasteiger partial charge in [-0.2, -0.15) is 0 Å². The quantitative estimate of drug-likeness (QED) is 0.872. The molecule has 0 unspecified atom stereocenters. The molecule has 2 fully saturated rings. The van der Waals surface area contributed by atoms with E-state index in [1.165, 1.54) is 38.2 Å². The van der Waals surface area contributed by atoms with Crippen LogP contribution in [0.2, 0.25) is 0 Å². The first-order valence-electron chi connectivity index (χ1n) is 6.94. The number of benzene rings is 1. The van der Waals surface area contributed by atoms with Crippen molar-refractivity contribution in [2.45, 2.75) is 18.9 Å². The molecule has 98 valence electrons. The van der Waals surface area contributed by atoms with Gasteiger partial charge < -0.3 is 15.0 Å². The molecule has 0 aliphatic carbocycles. The molecular formula is C15H22N2O. The van der Waals surface area contributed by atoms with E-state index in [1.54, 1.807) is 7.11 Å². The van der Waals surface area contributed by atoms with Gasteiger partial charge in [-0.25, -0.2) is 0 Å². The normalized spacial score (nSPS) is 27.4. The van der Waals surface area contributed by atoms with Gasteiger partial charge in [0.25, 0.3) is 0 Å². The number of rotatable bonds is 4. The van der Waals surface area contributed by atoms with Gasteiger partial charge in [-0.1, -0.05) is 12.1 Å². The Morgan fingerprint density at radius 3 is 2.83 bits per heavy atom. The van der Waals surface area contributed by atoms with E-state index in [0.29, 0.717) is 0 Å². The maximum Gasteiger partial charge on any atom is 0.118 e. The summed E-state index contributed by atoms with van der Waals surface area (Å²) in [6.45, 7) is 4.93. The third-order valence-electron chi connectivity index (χ3n) is 4.31. The van der Waals surface area contributed by atoms with Crippen LogP contribution in [0, 0.1) is 5.92 Å². The van der Waals surface area contributed by atoms with Crippen molar-refractivity contribution in [1.29, 1.82) is 0 Å². The van der Waals surface area contributed by atoms with E-state index in [9.17, 15) is 0 Å². The number of hydrogen-bond donors (Lipinski definition) is 1. The van der Waals surface area contributed by atoms with Crippen LogP contribution in [0.1, 0.15) is 12.0 Å². The second kappa shape index (κ2) is 5.29. The average Bonchev–Trinajstić information content (AvgIpc) is 2.97. The summed E-state index contributed by atoms with van der Waals surface area (Å²) in [4.78, 5) is 2.60. The standard InChI is InChI=1S/C15H22N2O/c1-18-14-4-2-12(3-5-14)7-9-17-10-13-6-8-16-15(13)11-17/h2-5,13,15-16H,6-11H2,1H3/t13-,15+/m0/s1. The molecule has 3 nitrogen and oxygen atoms in total. The molecule has 0 spiro atoms. The summed E-state index contributed by atoms with van der Waals surface area (Å²) in [6, 6.07) is 9.22. The van der Waals surface area contributed by atoms with Gasteiger partial charge in [0.15, 0.2) is 0 Å². The second-order valence-electron chi connectivity index (χ2n) is 5.47. The molecule has 1 N–H and O–H groups in total. The maximum absolute atomic E-state index is 5.18. The number of hydrogen-bond acceptors (Lipinski definition) is 3. The molecule has 3 heteroatoms. The Morgan fingerprint density at radius 2 is 2.11 bits per heavy atom. The summed E-state index contributed by atoms with van der Waals surface area (Å²) in [6.07, 6.45) is 2.51. The number of methoxy groups -OCH3 is 1.